The molecule has 0 bridgehead atoms. The molecule has 0 radical (unpaired) electrons. The van der Waals surface area contributed by atoms with Gasteiger partial charge >= 0.3 is 0 Å². The molecule has 1 aliphatic carbocycles. The summed E-state index contributed by atoms with van der Waals surface area (Å²) in [5.41, 5.74) is 6.14. The first-order chi connectivity index (χ1) is 14.3. The number of rotatable bonds is 1. The van der Waals surface area contributed by atoms with E-state index >= 15 is 0 Å². The van der Waals surface area contributed by atoms with E-state index < -0.39 is 0 Å². The number of thioether (sulfide) groups is 1. The Labute approximate surface area is 190 Å². The van der Waals surface area contributed by atoms with Crippen molar-refractivity contribution in [3.63, 3.8) is 0 Å². The highest BCUT2D eigenvalue weighted by Crippen LogP contribution is 2.49. The second-order valence-electron chi connectivity index (χ2n) is 7.79. The van der Waals surface area contributed by atoms with Crippen molar-refractivity contribution in [3.05, 3.63) is 88.5 Å². The van der Waals surface area contributed by atoms with Crippen molar-refractivity contribution in [1.82, 2.24) is 0 Å². The second-order valence-corrected chi connectivity index (χ2v) is 9.39. The topological polar surface area (TPSA) is 20.3 Å². The van der Waals surface area contributed by atoms with Crippen LogP contribution in [0.3, 0.4) is 0 Å². The predicted molar refractivity (Wildman–Crippen MR) is 135 cm³/mol. The molecular formula is C26H29NOS2. The number of allylic oxidation sites excluding steroid dienone is 2. The summed E-state index contributed by atoms with van der Waals surface area (Å²) in [6.07, 6.45) is 8.57. The lowest BCUT2D eigenvalue weighted by atomic mass is 9.76. The van der Waals surface area contributed by atoms with Crippen LogP contribution in [0.15, 0.2) is 60.7 Å². The van der Waals surface area contributed by atoms with Crippen molar-refractivity contribution < 1.29 is 4.79 Å². The number of hydrogen-bond donors (Lipinski definition) is 0. The van der Waals surface area contributed by atoms with Gasteiger partial charge < -0.3 is 4.90 Å². The Kier molecular flexibility index (Phi) is 6.68. The smallest absolute Gasteiger partial charge is 0.226 e. The molecule has 2 aromatic carbocycles. The number of carbonyl (C=O) groups is 1. The van der Waals surface area contributed by atoms with Crippen LogP contribution in [-0.2, 0) is 5.41 Å². The number of para-hydroxylation sites is 1. The van der Waals surface area contributed by atoms with Crippen molar-refractivity contribution in [3.8, 4) is 0 Å². The first kappa shape index (κ1) is 22.5. The Bertz CT molecular complexity index is 1030. The molecule has 0 saturated carbocycles. The van der Waals surface area contributed by atoms with Crippen LogP contribution < -0.4 is 4.90 Å². The van der Waals surface area contributed by atoms with Crippen molar-refractivity contribution in [2.45, 2.75) is 53.0 Å². The first-order valence-corrected chi connectivity index (χ1v) is 11.6. The summed E-state index contributed by atoms with van der Waals surface area (Å²) in [7, 11) is 0. The van der Waals surface area contributed by atoms with Crippen LogP contribution in [0.2, 0.25) is 0 Å². The third-order valence-electron chi connectivity index (χ3n) is 5.74. The van der Waals surface area contributed by atoms with Crippen molar-refractivity contribution >= 4 is 39.1 Å². The zero-order valence-corrected chi connectivity index (χ0v) is 20.2. The second kappa shape index (κ2) is 8.91. The molecular weight excluding hydrogens is 406 g/mol. The van der Waals surface area contributed by atoms with Crippen LogP contribution in [0.1, 0.15) is 53.4 Å². The highest BCUT2D eigenvalue weighted by atomic mass is 32.2. The normalized spacial score (nSPS) is 20.9. The minimum Gasteiger partial charge on any atom is -0.318 e. The van der Waals surface area contributed by atoms with Gasteiger partial charge in [0.05, 0.1) is 6.04 Å². The molecule has 0 N–H and O–H groups in total. The van der Waals surface area contributed by atoms with Gasteiger partial charge in [-0.1, -0.05) is 86.3 Å². The summed E-state index contributed by atoms with van der Waals surface area (Å²) in [5, 5.41) is 0.0152. The number of fused-ring (bicyclic) bond motifs is 3. The highest BCUT2D eigenvalue weighted by molar-refractivity contribution is 8.33. The fraction of sp³-hybridized carbons (Fsp3) is 0.308. The number of thiocarbonyl (C=S) groups is 1. The molecule has 0 spiro atoms. The van der Waals surface area contributed by atoms with Crippen LogP contribution in [0.5, 0.6) is 0 Å². The first-order valence-electron chi connectivity index (χ1n) is 10.4. The van der Waals surface area contributed by atoms with Crippen LogP contribution in [0, 0.1) is 20.8 Å². The van der Waals surface area contributed by atoms with Gasteiger partial charge in [0.2, 0.25) is 5.12 Å². The molecule has 156 valence electrons. The quantitative estimate of drug-likeness (QED) is 0.446. The molecule has 0 amide bonds. The Morgan fingerprint density at radius 2 is 1.70 bits per heavy atom. The molecule has 0 aromatic heterocycles. The number of anilines is 1. The lowest BCUT2D eigenvalue weighted by Crippen LogP contribution is -2.43. The van der Waals surface area contributed by atoms with Crippen LogP contribution in [0.25, 0.3) is 0 Å². The number of carbonyl (C=O) groups excluding carboxylic acids is 1. The third-order valence-corrected chi connectivity index (χ3v) is 6.95. The lowest BCUT2D eigenvalue weighted by Gasteiger charge is -2.34. The Morgan fingerprint density at radius 1 is 1.07 bits per heavy atom. The van der Waals surface area contributed by atoms with E-state index in [1.807, 2.05) is 33.8 Å². The van der Waals surface area contributed by atoms with E-state index in [9.17, 15) is 4.79 Å². The molecule has 2 unspecified atom stereocenters. The molecule has 2 nitrogen and oxygen atoms in total. The Morgan fingerprint density at radius 3 is 2.37 bits per heavy atom. The van der Waals surface area contributed by atoms with Gasteiger partial charge in [-0.25, -0.2) is 0 Å². The monoisotopic (exact) mass is 435 g/mol. The van der Waals surface area contributed by atoms with Crippen molar-refractivity contribution in [2.24, 2.45) is 0 Å². The van der Waals surface area contributed by atoms with E-state index in [1.54, 1.807) is 0 Å². The number of hydrogen-bond acceptors (Lipinski definition) is 3. The zero-order chi connectivity index (χ0) is 22.1. The van der Waals surface area contributed by atoms with Crippen LogP contribution in [-0.4, -0.2) is 15.5 Å². The minimum absolute atomic E-state index is 0.0152. The van der Waals surface area contributed by atoms with Gasteiger partial charge in [0.25, 0.3) is 0 Å². The molecule has 2 atom stereocenters. The highest BCUT2D eigenvalue weighted by Gasteiger charge is 2.47. The average Bonchev–Trinajstić information content (AvgIpc) is 2.97. The van der Waals surface area contributed by atoms with E-state index in [1.165, 1.54) is 11.1 Å². The summed E-state index contributed by atoms with van der Waals surface area (Å²) in [4.78, 5) is 15.3. The molecule has 30 heavy (non-hydrogen) atoms. The Balaban J connectivity index is 0.00000124. The fourth-order valence-corrected chi connectivity index (χ4v) is 5.84. The summed E-state index contributed by atoms with van der Waals surface area (Å²) in [5.74, 6) is 0. The SMILES string of the molecule is CC.Cc1cc(C)c(C(=O)SC(=S)N2c3ccccc3C3(C)C=CC=CC23)c(C)c1. The molecule has 1 heterocycles. The van der Waals surface area contributed by atoms with Gasteiger partial charge in [-0.15, -0.1) is 0 Å². The minimum atomic E-state index is -0.144. The van der Waals surface area contributed by atoms with Crippen LogP contribution >= 0.6 is 24.0 Å². The third kappa shape index (κ3) is 3.79. The van der Waals surface area contributed by atoms with E-state index in [0.717, 1.165) is 34.1 Å². The van der Waals surface area contributed by atoms with Crippen molar-refractivity contribution in [1.29, 1.82) is 0 Å². The molecule has 4 heteroatoms. The van der Waals surface area contributed by atoms with E-state index in [4.69, 9.17) is 12.2 Å². The van der Waals surface area contributed by atoms with E-state index in [0.29, 0.717) is 4.32 Å². The molecule has 0 fully saturated rings. The van der Waals surface area contributed by atoms with Gasteiger partial charge in [-0.05, 0) is 62.2 Å². The largest absolute Gasteiger partial charge is 0.318 e. The molecule has 2 aliphatic rings. The number of nitrogens with zero attached hydrogens (tertiary/aromatic N) is 1. The number of aryl methyl sites for hydroxylation is 3. The van der Waals surface area contributed by atoms with Crippen LogP contribution in [0.4, 0.5) is 5.69 Å². The van der Waals surface area contributed by atoms with Gasteiger partial charge in [-0.3, -0.25) is 4.79 Å². The maximum Gasteiger partial charge on any atom is 0.226 e. The Hall–Kier alpha value is -2.17. The summed E-state index contributed by atoms with van der Waals surface area (Å²) in [6, 6.07) is 12.6. The fourth-order valence-electron chi connectivity index (χ4n) is 4.51. The predicted octanol–water partition coefficient (Wildman–Crippen LogP) is 7.07. The van der Waals surface area contributed by atoms with Crippen molar-refractivity contribution in [2.75, 3.05) is 4.90 Å². The maximum absolute atomic E-state index is 13.1. The van der Waals surface area contributed by atoms with E-state index in [-0.39, 0.29) is 16.6 Å². The molecule has 2 aromatic rings. The zero-order valence-electron chi connectivity index (χ0n) is 18.5. The average molecular weight is 436 g/mol. The molecule has 4 rings (SSSR count). The standard InChI is InChI=1S/C24H23NOS2.C2H6/c1-15-13-16(2)21(17(3)14-15)22(26)28-23(27)25-19-10-6-5-9-18(19)24(4)12-8-7-11-20(24)25;1-2/h5-14,20H,1-4H3;1-2H3. The maximum atomic E-state index is 13.1. The summed E-state index contributed by atoms with van der Waals surface area (Å²) < 4.78 is 0.602. The van der Waals surface area contributed by atoms with Gasteiger partial charge in [0.1, 0.15) is 4.32 Å². The summed E-state index contributed by atoms with van der Waals surface area (Å²) >= 11 is 6.97. The van der Waals surface area contributed by atoms with Gasteiger partial charge in [0.15, 0.2) is 0 Å². The lowest BCUT2D eigenvalue weighted by molar-refractivity contribution is 0.108. The van der Waals surface area contributed by atoms with Gasteiger partial charge in [0, 0.05) is 16.7 Å². The summed E-state index contributed by atoms with van der Waals surface area (Å²) in [6.45, 7) is 12.3. The van der Waals surface area contributed by atoms with Gasteiger partial charge in [-0.2, -0.15) is 0 Å². The number of benzene rings is 2. The molecule has 0 saturated heterocycles. The van der Waals surface area contributed by atoms with E-state index in [2.05, 4.69) is 73.4 Å². The molecule has 1 aliphatic heterocycles.